The molecule has 0 N–H and O–H groups in total. The van der Waals surface area contributed by atoms with Crippen LogP contribution in [0.4, 0.5) is 5.69 Å². The van der Waals surface area contributed by atoms with Gasteiger partial charge in [0.15, 0.2) is 0 Å². The zero-order chi connectivity index (χ0) is 15.4. The van der Waals surface area contributed by atoms with Crippen molar-refractivity contribution in [2.24, 2.45) is 5.16 Å². The quantitative estimate of drug-likeness (QED) is 0.480. The Morgan fingerprint density at radius 3 is 2.57 bits per heavy atom. The molecule has 0 saturated carbocycles. The highest BCUT2D eigenvalue weighted by molar-refractivity contribution is 7.13. The summed E-state index contributed by atoms with van der Waals surface area (Å²) in [6.07, 6.45) is 0. The van der Waals surface area contributed by atoms with E-state index in [-0.39, 0.29) is 12.3 Å². The van der Waals surface area contributed by atoms with Crippen LogP contribution in [0.15, 0.2) is 29.4 Å². The van der Waals surface area contributed by atoms with Gasteiger partial charge in [0, 0.05) is 17.0 Å². The Labute approximate surface area is 126 Å². The van der Waals surface area contributed by atoms with Crippen LogP contribution in [0.5, 0.6) is 0 Å². The first-order chi connectivity index (χ1) is 9.97. The maximum atomic E-state index is 10.5. The Hall–Kier alpha value is -2.28. The van der Waals surface area contributed by atoms with Crippen molar-refractivity contribution >= 4 is 22.7 Å². The van der Waals surface area contributed by atoms with E-state index in [0.29, 0.717) is 0 Å². The van der Waals surface area contributed by atoms with Crippen molar-refractivity contribution in [3.8, 4) is 0 Å². The van der Waals surface area contributed by atoms with Crippen molar-refractivity contribution in [3.05, 3.63) is 55.5 Å². The summed E-state index contributed by atoms with van der Waals surface area (Å²) < 4.78 is 0. The predicted molar refractivity (Wildman–Crippen MR) is 81.7 cm³/mol. The van der Waals surface area contributed by atoms with Crippen LogP contribution in [-0.4, -0.2) is 15.6 Å². The molecule has 0 spiro atoms. The summed E-state index contributed by atoms with van der Waals surface area (Å²) in [5.41, 5.74) is 2.61. The maximum absolute atomic E-state index is 10.5. The molecule has 0 aliphatic carbocycles. The molecule has 0 radical (unpaired) electrons. The van der Waals surface area contributed by atoms with E-state index in [1.165, 1.54) is 12.1 Å². The summed E-state index contributed by atoms with van der Waals surface area (Å²) in [5.74, 6) is 0. The first-order valence-corrected chi connectivity index (χ1v) is 7.13. The van der Waals surface area contributed by atoms with Gasteiger partial charge < -0.3 is 4.84 Å². The molecule has 0 aliphatic heterocycles. The lowest BCUT2D eigenvalue weighted by Gasteiger charge is -2.01. The summed E-state index contributed by atoms with van der Waals surface area (Å²) in [7, 11) is 0. The van der Waals surface area contributed by atoms with Crippen LogP contribution in [-0.2, 0) is 11.4 Å². The third kappa shape index (κ3) is 3.85. The lowest BCUT2D eigenvalue weighted by Crippen LogP contribution is -1.96. The van der Waals surface area contributed by atoms with Gasteiger partial charge in [-0.1, -0.05) is 5.16 Å². The van der Waals surface area contributed by atoms with E-state index in [4.69, 9.17) is 4.84 Å². The van der Waals surface area contributed by atoms with Gasteiger partial charge in [-0.2, -0.15) is 0 Å². The van der Waals surface area contributed by atoms with Gasteiger partial charge in [0.05, 0.1) is 10.6 Å². The number of benzene rings is 1. The van der Waals surface area contributed by atoms with Gasteiger partial charge in [0.1, 0.15) is 17.3 Å². The van der Waals surface area contributed by atoms with Crippen molar-refractivity contribution in [1.82, 2.24) is 4.98 Å². The SMILES string of the molecule is C/C(=N\OCc1ccc([N+](=O)[O-])cc1)c1nc(C)c(C)s1. The van der Waals surface area contributed by atoms with Gasteiger partial charge in [-0.3, -0.25) is 10.1 Å². The molecular formula is C14H15N3O3S. The third-order valence-corrected chi connectivity index (χ3v) is 4.10. The summed E-state index contributed by atoms with van der Waals surface area (Å²) in [6, 6.07) is 6.20. The second kappa shape index (κ2) is 6.45. The highest BCUT2D eigenvalue weighted by Gasteiger charge is 2.07. The molecular weight excluding hydrogens is 290 g/mol. The number of rotatable bonds is 5. The standard InChI is InChI=1S/C14H15N3O3S/c1-9-11(3)21-14(15-9)10(2)16-20-8-12-4-6-13(7-5-12)17(18)19/h4-7H,8H2,1-3H3/b16-10+. The van der Waals surface area contributed by atoms with Gasteiger partial charge in [-0.25, -0.2) is 4.98 Å². The Morgan fingerprint density at radius 1 is 1.38 bits per heavy atom. The van der Waals surface area contributed by atoms with Crippen molar-refractivity contribution in [3.63, 3.8) is 0 Å². The highest BCUT2D eigenvalue weighted by Crippen LogP contribution is 2.17. The number of hydrogen-bond acceptors (Lipinski definition) is 6. The van der Waals surface area contributed by atoms with Gasteiger partial charge in [-0.15, -0.1) is 11.3 Å². The minimum atomic E-state index is -0.430. The second-order valence-electron chi connectivity index (χ2n) is 4.53. The average molecular weight is 305 g/mol. The second-order valence-corrected chi connectivity index (χ2v) is 5.74. The van der Waals surface area contributed by atoms with E-state index in [9.17, 15) is 10.1 Å². The minimum absolute atomic E-state index is 0.0622. The smallest absolute Gasteiger partial charge is 0.269 e. The highest BCUT2D eigenvalue weighted by atomic mass is 32.1. The number of non-ortho nitro benzene ring substituents is 1. The minimum Gasteiger partial charge on any atom is -0.391 e. The van der Waals surface area contributed by atoms with Crippen molar-refractivity contribution in [2.75, 3.05) is 0 Å². The Balaban J connectivity index is 1.96. The first kappa shape index (κ1) is 15.1. The fraction of sp³-hybridized carbons (Fsp3) is 0.286. The lowest BCUT2D eigenvalue weighted by molar-refractivity contribution is -0.384. The van der Waals surface area contributed by atoms with E-state index in [1.807, 2.05) is 20.8 Å². The van der Waals surface area contributed by atoms with Crippen LogP contribution in [0.1, 0.15) is 28.1 Å². The molecule has 2 rings (SSSR count). The van der Waals surface area contributed by atoms with E-state index in [0.717, 1.165) is 26.9 Å². The predicted octanol–water partition coefficient (Wildman–Crippen LogP) is 3.61. The number of aromatic nitrogens is 1. The van der Waals surface area contributed by atoms with Crippen molar-refractivity contribution in [1.29, 1.82) is 0 Å². The molecule has 0 aliphatic rings. The van der Waals surface area contributed by atoms with E-state index >= 15 is 0 Å². The van der Waals surface area contributed by atoms with Crippen LogP contribution < -0.4 is 0 Å². The van der Waals surface area contributed by atoms with E-state index < -0.39 is 4.92 Å². The largest absolute Gasteiger partial charge is 0.391 e. The van der Waals surface area contributed by atoms with Crippen LogP contribution in [0, 0.1) is 24.0 Å². The number of thiazole rings is 1. The molecule has 1 aromatic carbocycles. The summed E-state index contributed by atoms with van der Waals surface area (Å²) >= 11 is 1.58. The Bertz CT molecular complexity index is 658. The van der Waals surface area contributed by atoms with Crippen LogP contribution in [0.25, 0.3) is 0 Å². The third-order valence-electron chi connectivity index (χ3n) is 2.92. The lowest BCUT2D eigenvalue weighted by atomic mass is 10.2. The number of aryl methyl sites for hydroxylation is 2. The number of nitro groups is 1. The van der Waals surface area contributed by atoms with Gasteiger partial charge >= 0.3 is 0 Å². The number of nitrogens with zero attached hydrogens (tertiary/aromatic N) is 3. The normalized spacial score (nSPS) is 11.5. The topological polar surface area (TPSA) is 77.6 Å². The summed E-state index contributed by atoms with van der Waals surface area (Å²) in [6.45, 7) is 6.08. The molecule has 0 unspecified atom stereocenters. The molecule has 1 aromatic heterocycles. The Morgan fingerprint density at radius 2 is 2.05 bits per heavy atom. The van der Waals surface area contributed by atoms with Gasteiger partial charge in [0.25, 0.3) is 5.69 Å². The zero-order valence-corrected chi connectivity index (χ0v) is 12.8. The van der Waals surface area contributed by atoms with E-state index in [1.54, 1.807) is 23.5 Å². The van der Waals surface area contributed by atoms with Crippen molar-refractivity contribution in [2.45, 2.75) is 27.4 Å². The average Bonchev–Trinajstić information content (AvgIpc) is 2.79. The van der Waals surface area contributed by atoms with Crippen LogP contribution in [0.3, 0.4) is 0 Å². The molecule has 6 nitrogen and oxygen atoms in total. The zero-order valence-electron chi connectivity index (χ0n) is 12.0. The monoisotopic (exact) mass is 305 g/mol. The molecule has 110 valence electrons. The van der Waals surface area contributed by atoms with Gasteiger partial charge in [0.2, 0.25) is 0 Å². The molecule has 0 saturated heterocycles. The molecule has 2 aromatic rings. The fourth-order valence-electron chi connectivity index (χ4n) is 1.58. The molecule has 7 heteroatoms. The summed E-state index contributed by atoms with van der Waals surface area (Å²) in [5, 5.41) is 15.4. The van der Waals surface area contributed by atoms with Crippen LogP contribution >= 0.6 is 11.3 Å². The number of nitro benzene ring substituents is 1. The van der Waals surface area contributed by atoms with Crippen molar-refractivity contribution < 1.29 is 9.76 Å². The fourth-order valence-corrected chi connectivity index (χ4v) is 2.43. The van der Waals surface area contributed by atoms with Gasteiger partial charge in [-0.05, 0) is 38.5 Å². The maximum Gasteiger partial charge on any atom is 0.269 e. The summed E-state index contributed by atoms with van der Waals surface area (Å²) in [4.78, 5) is 20.9. The van der Waals surface area contributed by atoms with E-state index in [2.05, 4.69) is 10.1 Å². The molecule has 21 heavy (non-hydrogen) atoms. The number of oxime groups is 1. The molecule has 0 fully saturated rings. The molecule has 1 heterocycles. The molecule has 0 atom stereocenters. The molecule has 0 bridgehead atoms. The Kier molecular flexibility index (Phi) is 4.64. The first-order valence-electron chi connectivity index (χ1n) is 6.31. The number of hydrogen-bond donors (Lipinski definition) is 0. The van der Waals surface area contributed by atoms with Crippen LogP contribution in [0.2, 0.25) is 0 Å². The molecule has 0 amide bonds.